The van der Waals surface area contributed by atoms with E-state index in [0.29, 0.717) is 13.1 Å². The summed E-state index contributed by atoms with van der Waals surface area (Å²) in [6.07, 6.45) is 0. The van der Waals surface area contributed by atoms with E-state index in [1.807, 2.05) is 0 Å². The van der Waals surface area contributed by atoms with Crippen LogP contribution in [0.25, 0.3) is 0 Å². The highest BCUT2D eigenvalue weighted by molar-refractivity contribution is 7.89. The van der Waals surface area contributed by atoms with Crippen LogP contribution in [0.4, 0.5) is 4.39 Å². The average Bonchev–Trinajstić information content (AvgIpc) is 2.54. The zero-order chi connectivity index (χ0) is 17.5. The molecule has 2 fully saturated rings. The molecule has 0 unspecified atom stereocenters. The van der Waals surface area contributed by atoms with Crippen LogP contribution in [0, 0.1) is 5.82 Å². The van der Waals surface area contributed by atoms with Gasteiger partial charge in [-0.1, -0.05) is 11.5 Å². The van der Waals surface area contributed by atoms with Gasteiger partial charge in [-0.2, -0.15) is 4.31 Å². The lowest BCUT2D eigenvalue weighted by Crippen LogP contribution is -2.71. The van der Waals surface area contributed by atoms with E-state index in [2.05, 4.69) is 0 Å². The van der Waals surface area contributed by atoms with Crippen molar-refractivity contribution in [2.75, 3.05) is 38.7 Å². The third kappa shape index (κ3) is 3.05. The molecule has 2 radical (unpaired) electrons. The second-order valence-electron chi connectivity index (χ2n) is 5.94. The Morgan fingerprint density at radius 3 is 2.71 bits per heavy atom. The van der Waals surface area contributed by atoms with Crippen molar-refractivity contribution in [3.8, 4) is 0 Å². The number of carbonyl (C=O) groups excluding carboxylic acids is 1. The van der Waals surface area contributed by atoms with Gasteiger partial charge in [0, 0.05) is 13.1 Å². The largest absolute Gasteiger partial charge is 0.369 e. The molecular formula is C14H15BClFN2O4S. The van der Waals surface area contributed by atoms with Gasteiger partial charge in [-0.25, -0.2) is 12.8 Å². The monoisotopic (exact) mass is 372 g/mol. The Bertz CT molecular complexity index is 770. The number of morpholine rings is 1. The molecule has 3 rings (SSSR count). The molecule has 0 aromatic heterocycles. The Balaban J connectivity index is 1.77. The number of hydrogen-bond donors (Lipinski definition) is 0. The van der Waals surface area contributed by atoms with Gasteiger partial charge in [0.25, 0.3) is 0 Å². The summed E-state index contributed by atoms with van der Waals surface area (Å²) in [5.41, 5.74) is -0.832. The summed E-state index contributed by atoms with van der Waals surface area (Å²) in [6, 6.07) is 3.42. The first-order valence-corrected chi connectivity index (χ1v) is 9.28. The number of sulfonamides is 1. The molecule has 0 saturated carbocycles. The molecule has 1 spiro atoms. The maximum atomic E-state index is 13.6. The predicted molar refractivity (Wildman–Crippen MR) is 86.5 cm³/mol. The second-order valence-corrected chi connectivity index (χ2v) is 8.14. The number of carbonyl (C=O) groups is 1. The van der Waals surface area contributed by atoms with E-state index < -0.39 is 21.4 Å². The van der Waals surface area contributed by atoms with Crippen LogP contribution in [0.5, 0.6) is 0 Å². The van der Waals surface area contributed by atoms with Crippen LogP contribution in [0.1, 0.15) is 0 Å². The summed E-state index contributed by atoms with van der Waals surface area (Å²) in [5, 5.41) is 0. The van der Waals surface area contributed by atoms with E-state index in [4.69, 9.17) is 24.2 Å². The number of benzene rings is 1. The summed E-state index contributed by atoms with van der Waals surface area (Å²) >= 11 is 5.51. The molecule has 128 valence electrons. The highest BCUT2D eigenvalue weighted by Crippen LogP contribution is 2.31. The molecule has 24 heavy (non-hydrogen) atoms. The maximum absolute atomic E-state index is 13.6. The zero-order valence-electron chi connectivity index (χ0n) is 12.7. The van der Waals surface area contributed by atoms with E-state index in [1.54, 1.807) is 0 Å². The molecule has 1 aromatic carbocycles. The zero-order valence-corrected chi connectivity index (χ0v) is 14.3. The van der Waals surface area contributed by atoms with Crippen LogP contribution in [0.3, 0.4) is 0 Å². The molecule has 1 amide bonds. The molecule has 2 heterocycles. The number of alkyl halides is 1. The Labute approximate surface area is 146 Å². The highest BCUT2D eigenvalue weighted by atomic mass is 35.5. The van der Waals surface area contributed by atoms with Crippen LogP contribution in [0.2, 0.25) is 0 Å². The summed E-state index contributed by atoms with van der Waals surface area (Å²) in [4.78, 5) is 12.9. The standard InChI is InChI=1S/C14H15BClFN2O4S/c15-11-2-1-10(5-12(11)17)24(21,22)19-3-4-23-14(9-19)7-18(8-14)13(20)6-16/h1-2,5H,3-4,6-9H2. The minimum Gasteiger partial charge on any atom is -0.369 e. The topological polar surface area (TPSA) is 66.9 Å². The van der Waals surface area contributed by atoms with Gasteiger partial charge in [0.2, 0.25) is 15.9 Å². The Morgan fingerprint density at radius 1 is 1.38 bits per heavy atom. The van der Waals surface area contributed by atoms with Crippen molar-refractivity contribution >= 4 is 40.8 Å². The van der Waals surface area contributed by atoms with Crippen LogP contribution >= 0.6 is 11.6 Å². The Hall–Kier alpha value is -1.16. The Kier molecular flexibility index (Phi) is 4.63. The fourth-order valence-corrected chi connectivity index (χ4v) is 4.61. The van der Waals surface area contributed by atoms with Crippen molar-refractivity contribution in [1.82, 2.24) is 9.21 Å². The van der Waals surface area contributed by atoms with E-state index >= 15 is 0 Å². The van der Waals surface area contributed by atoms with Gasteiger partial charge in [0.15, 0.2) is 0 Å². The molecule has 2 aliphatic heterocycles. The van der Waals surface area contributed by atoms with Crippen molar-refractivity contribution in [1.29, 1.82) is 0 Å². The van der Waals surface area contributed by atoms with E-state index in [0.717, 1.165) is 6.07 Å². The maximum Gasteiger partial charge on any atom is 0.243 e. The van der Waals surface area contributed by atoms with Crippen molar-refractivity contribution < 1.29 is 22.3 Å². The van der Waals surface area contributed by atoms with Crippen molar-refractivity contribution in [2.45, 2.75) is 10.5 Å². The SMILES string of the molecule is [B]c1ccc(S(=O)(=O)N2CCOC3(CN(C(=O)CCl)C3)C2)cc1F. The van der Waals surface area contributed by atoms with Gasteiger partial charge < -0.3 is 9.64 Å². The van der Waals surface area contributed by atoms with Crippen molar-refractivity contribution in [3.05, 3.63) is 24.0 Å². The smallest absolute Gasteiger partial charge is 0.243 e. The third-order valence-corrected chi connectivity index (χ3v) is 6.32. The minimum atomic E-state index is -3.86. The third-order valence-electron chi connectivity index (χ3n) is 4.25. The summed E-state index contributed by atoms with van der Waals surface area (Å²) < 4.78 is 46.0. The molecular weight excluding hydrogens is 357 g/mol. The van der Waals surface area contributed by atoms with Gasteiger partial charge in [0.1, 0.15) is 25.1 Å². The number of hydrogen-bond acceptors (Lipinski definition) is 4. The lowest BCUT2D eigenvalue weighted by Gasteiger charge is -2.53. The lowest BCUT2D eigenvalue weighted by atomic mass is 9.92. The summed E-state index contributed by atoms with van der Waals surface area (Å²) in [6.45, 7) is 1.06. The van der Waals surface area contributed by atoms with Gasteiger partial charge in [0.05, 0.1) is 24.6 Å². The molecule has 0 bridgehead atoms. The van der Waals surface area contributed by atoms with E-state index in [-0.39, 0.29) is 41.8 Å². The average molecular weight is 373 g/mol. The molecule has 2 aliphatic rings. The Morgan fingerprint density at radius 2 is 2.08 bits per heavy atom. The first kappa shape index (κ1) is 17.7. The van der Waals surface area contributed by atoms with Crippen LogP contribution in [0.15, 0.2) is 23.1 Å². The molecule has 1 aromatic rings. The van der Waals surface area contributed by atoms with Crippen molar-refractivity contribution in [2.24, 2.45) is 0 Å². The first-order valence-electron chi connectivity index (χ1n) is 7.30. The second kappa shape index (κ2) is 6.29. The molecule has 0 N–H and O–H groups in total. The number of halogens is 2. The van der Waals surface area contributed by atoms with E-state index in [1.165, 1.54) is 21.3 Å². The highest BCUT2D eigenvalue weighted by Gasteiger charge is 2.50. The van der Waals surface area contributed by atoms with Crippen LogP contribution < -0.4 is 5.46 Å². The number of rotatable bonds is 3. The number of nitrogens with zero attached hydrogens (tertiary/aromatic N) is 2. The molecule has 0 atom stereocenters. The van der Waals surface area contributed by atoms with Crippen LogP contribution in [-0.2, 0) is 19.6 Å². The summed E-state index contributed by atoms with van der Waals surface area (Å²) in [7, 11) is 1.53. The lowest BCUT2D eigenvalue weighted by molar-refractivity contribution is -0.181. The van der Waals surface area contributed by atoms with Gasteiger partial charge in [-0.15, -0.1) is 11.6 Å². The van der Waals surface area contributed by atoms with Crippen LogP contribution in [-0.4, -0.2) is 75.6 Å². The molecule has 2 saturated heterocycles. The molecule has 10 heteroatoms. The quantitative estimate of drug-likeness (QED) is 0.528. The van der Waals surface area contributed by atoms with Gasteiger partial charge >= 0.3 is 0 Å². The molecule has 0 aliphatic carbocycles. The first-order chi connectivity index (χ1) is 11.3. The normalized spacial score (nSPS) is 20.8. The number of ether oxygens (including phenoxy) is 1. The number of amides is 1. The molecule has 6 nitrogen and oxygen atoms in total. The van der Waals surface area contributed by atoms with E-state index in [9.17, 15) is 17.6 Å². The predicted octanol–water partition coefficient (Wildman–Crippen LogP) is -0.540. The van der Waals surface area contributed by atoms with Crippen molar-refractivity contribution in [3.63, 3.8) is 0 Å². The fraction of sp³-hybridized carbons (Fsp3) is 0.500. The fourth-order valence-electron chi connectivity index (χ4n) is 2.93. The van der Waals surface area contributed by atoms with Gasteiger partial charge in [-0.05, 0) is 12.1 Å². The minimum absolute atomic E-state index is 0.105. The summed E-state index contributed by atoms with van der Waals surface area (Å²) in [5.74, 6) is -1.11. The van der Waals surface area contributed by atoms with Gasteiger partial charge in [-0.3, -0.25) is 4.79 Å². The number of likely N-dealkylation sites (tertiary alicyclic amines) is 1.